The Balaban J connectivity index is 4.29. The average molecular weight is 205 g/mol. The highest BCUT2D eigenvalue weighted by Crippen LogP contribution is 2.02. The number of hydrogen-bond acceptors (Lipinski definition) is 1. The third-order valence-corrected chi connectivity index (χ3v) is 1.90. The van der Waals surface area contributed by atoms with E-state index in [0.717, 1.165) is 6.54 Å². The second-order valence-electron chi connectivity index (χ2n) is 3.87. The third kappa shape index (κ3) is 7.80. The summed E-state index contributed by atoms with van der Waals surface area (Å²) in [5, 5.41) is 0. The number of nitrogens with zero attached hydrogens (tertiary/aromatic N) is 1. The van der Waals surface area contributed by atoms with Gasteiger partial charge in [-0.3, -0.25) is 0 Å². The van der Waals surface area contributed by atoms with E-state index < -0.39 is 0 Å². The van der Waals surface area contributed by atoms with Crippen molar-refractivity contribution in [2.75, 3.05) is 13.6 Å². The van der Waals surface area contributed by atoms with Crippen molar-refractivity contribution in [1.82, 2.24) is 4.90 Å². The highest BCUT2D eigenvalue weighted by atomic mass is 15.1. The van der Waals surface area contributed by atoms with Gasteiger partial charge < -0.3 is 4.90 Å². The van der Waals surface area contributed by atoms with E-state index in [2.05, 4.69) is 57.1 Å². The van der Waals surface area contributed by atoms with Crippen LogP contribution in [0, 0.1) is 0 Å². The molecule has 0 saturated carbocycles. The topological polar surface area (TPSA) is 3.24 Å². The molecular formula is C14H23N. The Labute approximate surface area is 94.5 Å². The van der Waals surface area contributed by atoms with Crippen LogP contribution < -0.4 is 0 Å². The largest absolute Gasteiger partial charge is 0.376 e. The van der Waals surface area contributed by atoms with Gasteiger partial charge in [-0.15, -0.1) is 0 Å². The van der Waals surface area contributed by atoms with Crippen molar-refractivity contribution in [3.63, 3.8) is 0 Å². The number of allylic oxidation sites excluding steroid dienone is 5. The molecule has 0 aliphatic carbocycles. The van der Waals surface area contributed by atoms with Gasteiger partial charge in [-0.1, -0.05) is 36.0 Å². The molecule has 0 bridgehead atoms. The third-order valence-electron chi connectivity index (χ3n) is 1.90. The molecule has 0 fully saturated rings. The Morgan fingerprint density at radius 2 is 1.80 bits per heavy atom. The second-order valence-corrected chi connectivity index (χ2v) is 3.87. The van der Waals surface area contributed by atoms with Gasteiger partial charge in [0.25, 0.3) is 0 Å². The van der Waals surface area contributed by atoms with Gasteiger partial charge in [0.05, 0.1) is 0 Å². The van der Waals surface area contributed by atoms with E-state index in [1.807, 2.05) is 19.1 Å². The smallest absolute Gasteiger partial charge is 0.0417 e. The Kier molecular flexibility index (Phi) is 7.43. The average Bonchev–Trinajstić information content (AvgIpc) is 2.15. The van der Waals surface area contributed by atoms with E-state index in [1.54, 1.807) is 0 Å². The molecular weight excluding hydrogens is 182 g/mol. The van der Waals surface area contributed by atoms with Crippen molar-refractivity contribution < 1.29 is 0 Å². The van der Waals surface area contributed by atoms with Crippen LogP contribution in [0.1, 0.15) is 27.7 Å². The normalized spacial score (nSPS) is 12.5. The first-order valence-corrected chi connectivity index (χ1v) is 5.40. The summed E-state index contributed by atoms with van der Waals surface area (Å²) in [4.78, 5) is 2.20. The van der Waals surface area contributed by atoms with Gasteiger partial charge in [-0.05, 0) is 39.5 Å². The molecule has 0 aliphatic rings. The van der Waals surface area contributed by atoms with E-state index >= 15 is 0 Å². The number of rotatable bonds is 5. The Morgan fingerprint density at radius 3 is 2.27 bits per heavy atom. The zero-order chi connectivity index (χ0) is 11.7. The fraction of sp³-hybridized carbons (Fsp3) is 0.429. The minimum Gasteiger partial charge on any atom is -0.376 e. The molecule has 84 valence electrons. The van der Waals surface area contributed by atoms with Crippen LogP contribution in [0.4, 0.5) is 0 Å². The first-order valence-electron chi connectivity index (χ1n) is 5.40. The summed E-state index contributed by atoms with van der Waals surface area (Å²) in [7, 11) is 2.10. The van der Waals surface area contributed by atoms with Crippen molar-refractivity contribution in [3.05, 3.63) is 47.7 Å². The summed E-state index contributed by atoms with van der Waals surface area (Å²) < 4.78 is 0. The molecule has 0 saturated heterocycles. The van der Waals surface area contributed by atoms with Gasteiger partial charge in [0.2, 0.25) is 0 Å². The van der Waals surface area contributed by atoms with E-state index in [-0.39, 0.29) is 0 Å². The van der Waals surface area contributed by atoms with Gasteiger partial charge in [0.15, 0.2) is 0 Å². The molecule has 0 rings (SSSR count). The molecule has 0 heterocycles. The lowest BCUT2D eigenvalue weighted by Crippen LogP contribution is -2.13. The Bertz CT molecular complexity index is 276. The fourth-order valence-corrected chi connectivity index (χ4v) is 1.30. The van der Waals surface area contributed by atoms with Gasteiger partial charge in [-0.25, -0.2) is 0 Å². The van der Waals surface area contributed by atoms with Crippen molar-refractivity contribution >= 4 is 0 Å². The molecule has 0 aromatic heterocycles. The number of likely N-dealkylation sites (N-methyl/N-ethyl adjacent to an activating group) is 1. The van der Waals surface area contributed by atoms with E-state index in [0.29, 0.717) is 0 Å². The minimum absolute atomic E-state index is 0.954. The summed E-state index contributed by atoms with van der Waals surface area (Å²) in [5.74, 6) is 0. The summed E-state index contributed by atoms with van der Waals surface area (Å²) in [6.07, 6.45) is 12.6. The summed E-state index contributed by atoms with van der Waals surface area (Å²) >= 11 is 0. The van der Waals surface area contributed by atoms with Crippen LogP contribution in [0.3, 0.4) is 0 Å². The molecule has 0 unspecified atom stereocenters. The van der Waals surface area contributed by atoms with Gasteiger partial charge in [-0.2, -0.15) is 0 Å². The van der Waals surface area contributed by atoms with Crippen LogP contribution in [0.2, 0.25) is 0 Å². The first kappa shape index (κ1) is 13.8. The first-order chi connectivity index (χ1) is 7.10. The monoisotopic (exact) mass is 205 g/mol. The maximum Gasteiger partial charge on any atom is 0.0417 e. The predicted molar refractivity (Wildman–Crippen MR) is 69.8 cm³/mol. The highest BCUT2D eigenvalue weighted by molar-refractivity contribution is 5.23. The van der Waals surface area contributed by atoms with Crippen LogP contribution in [0.5, 0.6) is 0 Å². The van der Waals surface area contributed by atoms with Gasteiger partial charge >= 0.3 is 0 Å². The number of hydrogen-bond donors (Lipinski definition) is 0. The minimum atomic E-state index is 0.954. The van der Waals surface area contributed by atoms with Crippen LogP contribution in [0.15, 0.2) is 47.7 Å². The molecule has 15 heavy (non-hydrogen) atoms. The lowest BCUT2D eigenvalue weighted by Gasteiger charge is -2.15. The maximum absolute atomic E-state index is 2.20. The molecule has 0 spiro atoms. The van der Waals surface area contributed by atoms with Gasteiger partial charge in [0.1, 0.15) is 0 Å². The SMILES string of the molecule is CC=C(/C=C\C=C/C)CN(C)C=C(C)C. The van der Waals surface area contributed by atoms with Crippen LogP contribution >= 0.6 is 0 Å². The molecule has 1 heteroatoms. The predicted octanol–water partition coefficient (Wildman–Crippen LogP) is 3.92. The van der Waals surface area contributed by atoms with Crippen LogP contribution in [-0.2, 0) is 0 Å². The Morgan fingerprint density at radius 1 is 1.13 bits per heavy atom. The zero-order valence-electron chi connectivity index (χ0n) is 10.6. The van der Waals surface area contributed by atoms with Crippen molar-refractivity contribution in [3.8, 4) is 0 Å². The quantitative estimate of drug-likeness (QED) is 0.615. The summed E-state index contributed by atoms with van der Waals surface area (Å²) in [6, 6.07) is 0. The van der Waals surface area contributed by atoms with E-state index in [4.69, 9.17) is 0 Å². The lowest BCUT2D eigenvalue weighted by molar-refractivity contribution is 0.496. The van der Waals surface area contributed by atoms with Crippen LogP contribution in [-0.4, -0.2) is 18.5 Å². The van der Waals surface area contributed by atoms with Crippen LogP contribution in [0.25, 0.3) is 0 Å². The second kappa shape index (κ2) is 8.10. The summed E-state index contributed by atoms with van der Waals surface area (Å²) in [6.45, 7) is 9.28. The standard InChI is InChI=1S/C14H23N/c1-6-8-9-10-14(7-2)12-15(5)11-13(3)4/h6-11H,12H2,1-5H3/b8-6-,10-9-,14-7?. The van der Waals surface area contributed by atoms with Gasteiger partial charge in [0, 0.05) is 13.6 Å². The fourth-order valence-electron chi connectivity index (χ4n) is 1.30. The van der Waals surface area contributed by atoms with E-state index in [1.165, 1.54) is 11.1 Å². The molecule has 0 aromatic carbocycles. The molecule has 1 nitrogen and oxygen atoms in total. The zero-order valence-corrected chi connectivity index (χ0v) is 10.6. The maximum atomic E-state index is 2.20. The lowest BCUT2D eigenvalue weighted by atomic mass is 10.2. The molecule has 0 aromatic rings. The molecule has 0 N–H and O–H groups in total. The van der Waals surface area contributed by atoms with Crippen molar-refractivity contribution in [1.29, 1.82) is 0 Å². The molecule has 0 aliphatic heterocycles. The summed E-state index contributed by atoms with van der Waals surface area (Å²) in [5.41, 5.74) is 2.65. The van der Waals surface area contributed by atoms with E-state index in [9.17, 15) is 0 Å². The van der Waals surface area contributed by atoms with Crippen molar-refractivity contribution in [2.45, 2.75) is 27.7 Å². The molecule has 0 atom stereocenters. The molecule has 0 amide bonds. The highest BCUT2D eigenvalue weighted by Gasteiger charge is 1.94. The molecule has 0 radical (unpaired) electrons. The van der Waals surface area contributed by atoms with Crippen molar-refractivity contribution in [2.24, 2.45) is 0 Å². The Hall–Kier alpha value is -1.24.